The van der Waals surface area contributed by atoms with Gasteiger partial charge < -0.3 is 14.9 Å². The first kappa shape index (κ1) is 14.0. The van der Waals surface area contributed by atoms with E-state index in [0.29, 0.717) is 17.3 Å². The van der Waals surface area contributed by atoms with Crippen molar-refractivity contribution in [1.29, 1.82) is 0 Å². The number of carbonyl (C=O) groups is 1. The lowest BCUT2D eigenvalue weighted by Gasteiger charge is -2.35. The van der Waals surface area contributed by atoms with Gasteiger partial charge in [-0.05, 0) is 45.1 Å². The number of piperidine rings is 1. The molecule has 1 fully saturated rings. The SMILES string of the molecule is CN1CCC(N(C)C(=O)c2ccnc(CO)c2)CC1. The number of hydrogen-bond acceptors (Lipinski definition) is 4. The van der Waals surface area contributed by atoms with Crippen LogP contribution in [0.4, 0.5) is 0 Å². The van der Waals surface area contributed by atoms with Crippen molar-refractivity contribution < 1.29 is 9.90 Å². The van der Waals surface area contributed by atoms with E-state index in [1.807, 2.05) is 11.9 Å². The third-order valence-electron chi connectivity index (χ3n) is 3.78. The maximum Gasteiger partial charge on any atom is 0.253 e. The summed E-state index contributed by atoms with van der Waals surface area (Å²) in [6.45, 7) is 1.92. The van der Waals surface area contributed by atoms with Crippen molar-refractivity contribution in [1.82, 2.24) is 14.8 Å². The molecule has 1 aliphatic heterocycles. The molecule has 1 aromatic rings. The first-order chi connectivity index (χ1) is 9.11. The Morgan fingerprint density at radius 3 is 2.84 bits per heavy atom. The molecule has 19 heavy (non-hydrogen) atoms. The molecule has 1 N–H and O–H groups in total. The van der Waals surface area contributed by atoms with Crippen molar-refractivity contribution in [3.63, 3.8) is 0 Å². The number of likely N-dealkylation sites (tertiary alicyclic amines) is 1. The van der Waals surface area contributed by atoms with Crippen LogP contribution in [0.5, 0.6) is 0 Å². The average Bonchev–Trinajstić information content (AvgIpc) is 2.46. The Balaban J connectivity index is 2.05. The Labute approximate surface area is 113 Å². The van der Waals surface area contributed by atoms with Crippen molar-refractivity contribution in [2.75, 3.05) is 27.2 Å². The van der Waals surface area contributed by atoms with E-state index in [1.165, 1.54) is 0 Å². The topological polar surface area (TPSA) is 56.7 Å². The number of rotatable bonds is 3. The molecule has 1 aliphatic rings. The van der Waals surface area contributed by atoms with Gasteiger partial charge in [0.15, 0.2) is 0 Å². The van der Waals surface area contributed by atoms with E-state index in [-0.39, 0.29) is 12.5 Å². The van der Waals surface area contributed by atoms with Crippen LogP contribution in [0.25, 0.3) is 0 Å². The van der Waals surface area contributed by atoms with Crippen LogP contribution in [0.1, 0.15) is 28.9 Å². The Bertz CT molecular complexity index is 442. The summed E-state index contributed by atoms with van der Waals surface area (Å²) >= 11 is 0. The number of amides is 1. The molecule has 1 aromatic heterocycles. The molecular weight excluding hydrogens is 242 g/mol. The quantitative estimate of drug-likeness (QED) is 0.874. The van der Waals surface area contributed by atoms with Gasteiger partial charge in [-0.3, -0.25) is 9.78 Å². The van der Waals surface area contributed by atoms with Gasteiger partial charge in [0.2, 0.25) is 0 Å². The molecule has 1 amide bonds. The van der Waals surface area contributed by atoms with Crippen LogP contribution in [0.2, 0.25) is 0 Å². The molecule has 0 radical (unpaired) electrons. The highest BCUT2D eigenvalue weighted by Gasteiger charge is 2.24. The molecule has 2 heterocycles. The zero-order valence-corrected chi connectivity index (χ0v) is 11.5. The summed E-state index contributed by atoms with van der Waals surface area (Å²) < 4.78 is 0. The van der Waals surface area contributed by atoms with Crippen LogP contribution >= 0.6 is 0 Å². The van der Waals surface area contributed by atoms with E-state index in [1.54, 1.807) is 18.3 Å². The molecule has 104 valence electrons. The number of aliphatic hydroxyl groups excluding tert-OH is 1. The lowest BCUT2D eigenvalue weighted by Crippen LogP contribution is -2.44. The highest BCUT2D eigenvalue weighted by Crippen LogP contribution is 2.16. The van der Waals surface area contributed by atoms with Gasteiger partial charge in [-0.1, -0.05) is 0 Å². The Morgan fingerprint density at radius 2 is 2.21 bits per heavy atom. The van der Waals surface area contributed by atoms with E-state index >= 15 is 0 Å². The summed E-state index contributed by atoms with van der Waals surface area (Å²) in [6.07, 6.45) is 3.59. The first-order valence-corrected chi connectivity index (χ1v) is 6.63. The number of aromatic nitrogens is 1. The lowest BCUT2D eigenvalue weighted by atomic mass is 10.0. The van der Waals surface area contributed by atoms with Crippen LogP contribution in [0.15, 0.2) is 18.3 Å². The fourth-order valence-corrected chi connectivity index (χ4v) is 2.45. The molecule has 0 aromatic carbocycles. The van der Waals surface area contributed by atoms with Gasteiger partial charge in [0, 0.05) is 24.8 Å². The van der Waals surface area contributed by atoms with E-state index in [9.17, 15) is 4.79 Å². The number of hydrogen-bond donors (Lipinski definition) is 1. The maximum absolute atomic E-state index is 12.4. The summed E-state index contributed by atoms with van der Waals surface area (Å²) in [5.74, 6) is 0.00616. The summed E-state index contributed by atoms with van der Waals surface area (Å²) in [6, 6.07) is 3.66. The van der Waals surface area contributed by atoms with Crippen molar-refractivity contribution in [2.24, 2.45) is 0 Å². The second-order valence-electron chi connectivity index (χ2n) is 5.14. The third kappa shape index (κ3) is 3.30. The standard InChI is InChI=1S/C14H21N3O2/c1-16-7-4-13(5-8-16)17(2)14(19)11-3-6-15-12(9-11)10-18/h3,6,9,13,18H,4-5,7-8,10H2,1-2H3. The maximum atomic E-state index is 12.4. The number of nitrogens with zero attached hydrogens (tertiary/aromatic N) is 3. The summed E-state index contributed by atoms with van der Waals surface area (Å²) in [5, 5.41) is 9.07. The Hall–Kier alpha value is -1.46. The zero-order valence-electron chi connectivity index (χ0n) is 11.5. The van der Waals surface area contributed by atoms with E-state index < -0.39 is 0 Å². The lowest BCUT2D eigenvalue weighted by molar-refractivity contribution is 0.0659. The molecule has 0 saturated carbocycles. The molecular formula is C14H21N3O2. The highest BCUT2D eigenvalue weighted by atomic mass is 16.3. The second kappa shape index (κ2) is 6.12. The van der Waals surface area contributed by atoms with Gasteiger partial charge in [-0.25, -0.2) is 0 Å². The number of carbonyl (C=O) groups excluding carboxylic acids is 1. The normalized spacial score (nSPS) is 17.4. The molecule has 1 saturated heterocycles. The Kier molecular flexibility index (Phi) is 4.50. The molecule has 0 atom stereocenters. The summed E-state index contributed by atoms with van der Waals surface area (Å²) in [7, 11) is 3.96. The predicted octanol–water partition coefficient (Wildman–Crippen LogP) is 0.740. The van der Waals surface area contributed by atoms with Crippen molar-refractivity contribution in [3.05, 3.63) is 29.6 Å². The van der Waals surface area contributed by atoms with Crippen molar-refractivity contribution in [3.8, 4) is 0 Å². The molecule has 0 aliphatic carbocycles. The average molecular weight is 263 g/mol. The molecule has 5 heteroatoms. The van der Waals surface area contributed by atoms with Crippen molar-refractivity contribution >= 4 is 5.91 Å². The van der Waals surface area contributed by atoms with Crippen LogP contribution in [-0.2, 0) is 6.61 Å². The minimum absolute atomic E-state index is 0.00616. The van der Waals surface area contributed by atoms with Gasteiger partial charge in [-0.2, -0.15) is 0 Å². The van der Waals surface area contributed by atoms with Crippen LogP contribution in [0, 0.1) is 0 Å². The number of pyridine rings is 1. The van der Waals surface area contributed by atoms with Gasteiger partial charge in [0.05, 0.1) is 12.3 Å². The molecule has 0 unspecified atom stereocenters. The summed E-state index contributed by atoms with van der Waals surface area (Å²) in [5.41, 5.74) is 1.13. The third-order valence-corrected chi connectivity index (χ3v) is 3.78. The van der Waals surface area contributed by atoms with E-state index in [2.05, 4.69) is 16.9 Å². The second-order valence-corrected chi connectivity index (χ2v) is 5.14. The monoisotopic (exact) mass is 263 g/mol. The molecule has 0 spiro atoms. The summed E-state index contributed by atoms with van der Waals surface area (Å²) in [4.78, 5) is 20.5. The fourth-order valence-electron chi connectivity index (χ4n) is 2.45. The Morgan fingerprint density at radius 1 is 1.53 bits per heavy atom. The molecule has 0 bridgehead atoms. The highest BCUT2D eigenvalue weighted by molar-refractivity contribution is 5.94. The van der Waals surface area contributed by atoms with Crippen LogP contribution < -0.4 is 0 Å². The zero-order chi connectivity index (χ0) is 13.8. The predicted molar refractivity (Wildman–Crippen MR) is 72.8 cm³/mol. The fraction of sp³-hybridized carbons (Fsp3) is 0.571. The molecule has 2 rings (SSSR count). The van der Waals surface area contributed by atoms with Gasteiger partial charge in [-0.15, -0.1) is 0 Å². The van der Waals surface area contributed by atoms with Gasteiger partial charge >= 0.3 is 0 Å². The minimum atomic E-state index is -0.140. The first-order valence-electron chi connectivity index (χ1n) is 6.63. The van der Waals surface area contributed by atoms with Gasteiger partial charge in [0.1, 0.15) is 0 Å². The van der Waals surface area contributed by atoms with Crippen LogP contribution in [-0.4, -0.2) is 59.0 Å². The largest absolute Gasteiger partial charge is 0.390 e. The van der Waals surface area contributed by atoms with Gasteiger partial charge in [0.25, 0.3) is 5.91 Å². The smallest absolute Gasteiger partial charge is 0.253 e. The molecule has 5 nitrogen and oxygen atoms in total. The van der Waals surface area contributed by atoms with E-state index in [4.69, 9.17) is 5.11 Å². The van der Waals surface area contributed by atoms with E-state index in [0.717, 1.165) is 25.9 Å². The van der Waals surface area contributed by atoms with Crippen molar-refractivity contribution in [2.45, 2.75) is 25.5 Å². The van der Waals surface area contributed by atoms with Crippen LogP contribution in [0.3, 0.4) is 0 Å². The number of aliphatic hydroxyl groups is 1. The minimum Gasteiger partial charge on any atom is -0.390 e.